The van der Waals surface area contributed by atoms with E-state index in [4.69, 9.17) is 9.63 Å². The standard InChI is InChI=1S/C11H15N3O2/c1-3-10-9(8(2)16-13-10)6-14-5-4-12-11(14)7-15/h4-5,15H,3,6-7H2,1-2H3. The zero-order valence-corrected chi connectivity index (χ0v) is 9.47. The minimum atomic E-state index is -0.0568. The van der Waals surface area contributed by atoms with Crippen molar-refractivity contribution in [2.75, 3.05) is 0 Å². The van der Waals surface area contributed by atoms with Gasteiger partial charge in [-0.25, -0.2) is 4.98 Å². The summed E-state index contributed by atoms with van der Waals surface area (Å²) in [4.78, 5) is 4.06. The van der Waals surface area contributed by atoms with Crippen molar-refractivity contribution in [3.8, 4) is 0 Å². The van der Waals surface area contributed by atoms with Gasteiger partial charge in [0.05, 0.1) is 12.2 Å². The number of hydrogen-bond acceptors (Lipinski definition) is 4. The summed E-state index contributed by atoms with van der Waals surface area (Å²) < 4.78 is 7.06. The monoisotopic (exact) mass is 221 g/mol. The number of rotatable bonds is 4. The van der Waals surface area contributed by atoms with Crippen LogP contribution in [0.3, 0.4) is 0 Å². The molecule has 5 nitrogen and oxygen atoms in total. The number of hydrogen-bond donors (Lipinski definition) is 1. The Kier molecular flexibility index (Phi) is 3.05. The molecule has 0 amide bonds. The van der Waals surface area contributed by atoms with E-state index in [0.29, 0.717) is 12.4 Å². The number of aliphatic hydroxyl groups is 1. The molecule has 2 heterocycles. The van der Waals surface area contributed by atoms with E-state index in [-0.39, 0.29) is 6.61 Å². The maximum atomic E-state index is 9.11. The van der Waals surface area contributed by atoms with Crippen molar-refractivity contribution in [2.24, 2.45) is 0 Å². The lowest BCUT2D eigenvalue weighted by atomic mass is 10.1. The molecule has 16 heavy (non-hydrogen) atoms. The molecule has 0 saturated heterocycles. The second kappa shape index (κ2) is 4.49. The van der Waals surface area contributed by atoms with Gasteiger partial charge in [0.2, 0.25) is 0 Å². The van der Waals surface area contributed by atoms with Crippen LogP contribution in [0, 0.1) is 6.92 Å². The van der Waals surface area contributed by atoms with E-state index in [2.05, 4.69) is 10.1 Å². The Morgan fingerprint density at radius 2 is 2.31 bits per heavy atom. The summed E-state index contributed by atoms with van der Waals surface area (Å²) in [5, 5.41) is 13.1. The lowest BCUT2D eigenvalue weighted by Gasteiger charge is -2.05. The molecular weight excluding hydrogens is 206 g/mol. The molecule has 0 fully saturated rings. The highest BCUT2D eigenvalue weighted by molar-refractivity contribution is 5.22. The molecule has 0 atom stereocenters. The van der Waals surface area contributed by atoms with Crippen LogP contribution in [0.5, 0.6) is 0 Å². The van der Waals surface area contributed by atoms with E-state index in [1.807, 2.05) is 24.6 Å². The molecule has 0 spiro atoms. The van der Waals surface area contributed by atoms with Gasteiger partial charge in [-0.2, -0.15) is 0 Å². The fraction of sp³-hybridized carbons (Fsp3) is 0.455. The molecule has 1 N–H and O–H groups in total. The smallest absolute Gasteiger partial charge is 0.138 e. The van der Waals surface area contributed by atoms with E-state index < -0.39 is 0 Å². The van der Waals surface area contributed by atoms with Crippen molar-refractivity contribution in [1.29, 1.82) is 0 Å². The summed E-state index contributed by atoms with van der Waals surface area (Å²) in [6.45, 7) is 4.53. The van der Waals surface area contributed by atoms with Crippen LogP contribution in [0.2, 0.25) is 0 Å². The Hall–Kier alpha value is -1.62. The van der Waals surface area contributed by atoms with Gasteiger partial charge in [0.15, 0.2) is 0 Å². The van der Waals surface area contributed by atoms with Crippen molar-refractivity contribution in [2.45, 2.75) is 33.4 Å². The third kappa shape index (κ3) is 1.86. The third-order valence-electron chi connectivity index (χ3n) is 2.67. The van der Waals surface area contributed by atoms with Crippen molar-refractivity contribution in [1.82, 2.24) is 14.7 Å². The van der Waals surface area contributed by atoms with Crippen LogP contribution in [0.15, 0.2) is 16.9 Å². The summed E-state index contributed by atoms with van der Waals surface area (Å²) in [6, 6.07) is 0. The van der Waals surface area contributed by atoms with Crippen LogP contribution in [-0.2, 0) is 19.6 Å². The maximum absolute atomic E-state index is 9.11. The molecule has 86 valence electrons. The summed E-state index contributed by atoms with van der Waals surface area (Å²) >= 11 is 0. The zero-order chi connectivity index (χ0) is 11.5. The summed E-state index contributed by atoms with van der Waals surface area (Å²) in [6.07, 6.45) is 4.37. The number of aryl methyl sites for hydroxylation is 2. The average molecular weight is 221 g/mol. The van der Waals surface area contributed by atoms with E-state index in [1.165, 1.54) is 0 Å². The van der Waals surface area contributed by atoms with Crippen molar-refractivity contribution < 1.29 is 9.63 Å². The van der Waals surface area contributed by atoms with E-state index in [1.54, 1.807) is 6.20 Å². The fourth-order valence-corrected chi connectivity index (χ4v) is 1.72. The van der Waals surface area contributed by atoms with Gasteiger partial charge in [-0.05, 0) is 13.3 Å². The minimum Gasteiger partial charge on any atom is -0.388 e. The molecule has 0 aliphatic rings. The minimum absolute atomic E-state index is 0.0568. The number of aliphatic hydroxyl groups excluding tert-OH is 1. The molecule has 5 heteroatoms. The van der Waals surface area contributed by atoms with E-state index in [9.17, 15) is 0 Å². The molecule has 0 aromatic carbocycles. The van der Waals surface area contributed by atoms with Gasteiger partial charge < -0.3 is 14.2 Å². The predicted octanol–water partition coefficient (Wildman–Crippen LogP) is 1.28. The number of aromatic nitrogens is 3. The molecule has 0 bridgehead atoms. The second-order valence-electron chi connectivity index (χ2n) is 3.65. The fourth-order valence-electron chi connectivity index (χ4n) is 1.72. The van der Waals surface area contributed by atoms with Crippen LogP contribution in [-0.4, -0.2) is 19.8 Å². The normalized spacial score (nSPS) is 10.9. The third-order valence-corrected chi connectivity index (χ3v) is 2.67. The highest BCUT2D eigenvalue weighted by Crippen LogP contribution is 2.16. The molecule has 2 aromatic heterocycles. The Morgan fingerprint density at radius 1 is 1.50 bits per heavy atom. The van der Waals surface area contributed by atoms with E-state index >= 15 is 0 Å². The topological polar surface area (TPSA) is 64.1 Å². The lowest BCUT2D eigenvalue weighted by molar-refractivity contribution is 0.266. The average Bonchev–Trinajstić information content (AvgIpc) is 2.87. The Balaban J connectivity index is 2.29. The van der Waals surface area contributed by atoms with Crippen LogP contribution in [0.4, 0.5) is 0 Å². The molecule has 2 aromatic rings. The van der Waals surface area contributed by atoms with Crippen LogP contribution < -0.4 is 0 Å². The highest BCUT2D eigenvalue weighted by Gasteiger charge is 2.12. The molecule has 0 aliphatic carbocycles. The molecule has 0 radical (unpaired) electrons. The van der Waals surface area contributed by atoms with Gasteiger partial charge in [0, 0.05) is 18.0 Å². The SMILES string of the molecule is CCc1noc(C)c1Cn1ccnc1CO. The lowest BCUT2D eigenvalue weighted by Crippen LogP contribution is -2.06. The Labute approximate surface area is 93.7 Å². The molecule has 0 saturated carbocycles. The van der Waals surface area contributed by atoms with Crippen LogP contribution in [0.25, 0.3) is 0 Å². The molecule has 0 unspecified atom stereocenters. The predicted molar refractivity (Wildman–Crippen MR) is 57.9 cm³/mol. The molecule has 0 aliphatic heterocycles. The maximum Gasteiger partial charge on any atom is 0.138 e. The van der Waals surface area contributed by atoms with E-state index in [0.717, 1.165) is 23.4 Å². The van der Waals surface area contributed by atoms with Gasteiger partial charge in [0.25, 0.3) is 0 Å². The largest absolute Gasteiger partial charge is 0.388 e. The van der Waals surface area contributed by atoms with Crippen LogP contribution >= 0.6 is 0 Å². The molecular formula is C11H15N3O2. The first-order valence-corrected chi connectivity index (χ1v) is 5.31. The highest BCUT2D eigenvalue weighted by atomic mass is 16.5. The Morgan fingerprint density at radius 3 is 3.00 bits per heavy atom. The summed E-state index contributed by atoms with van der Waals surface area (Å²) in [5.41, 5.74) is 2.05. The van der Waals surface area contributed by atoms with Gasteiger partial charge in [-0.3, -0.25) is 0 Å². The number of imidazole rings is 1. The Bertz CT molecular complexity index is 473. The first-order valence-electron chi connectivity index (χ1n) is 5.31. The van der Waals surface area contributed by atoms with Crippen molar-refractivity contribution >= 4 is 0 Å². The number of nitrogens with zero attached hydrogens (tertiary/aromatic N) is 3. The second-order valence-corrected chi connectivity index (χ2v) is 3.65. The van der Waals surface area contributed by atoms with Gasteiger partial charge in [-0.1, -0.05) is 12.1 Å². The van der Waals surface area contributed by atoms with Crippen molar-refractivity contribution in [3.05, 3.63) is 35.2 Å². The zero-order valence-electron chi connectivity index (χ0n) is 9.47. The van der Waals surface area contributed by atoms with Gasteiger partial charge in [0.1, 0.15) is 18.2 Å². The first kappa shape index (κ1) is 10.9. The van der Waals surface area contributed by atoms with Gasteiger partial charge >= 0.3 is 0 Å². The van der Waals surface area contributed by atoms with Crippen LogP contribution in [0.1, 0.15) is 29.8 Å². The summed E-state index contributed by atoms with van der Waals surface area (Å²) in [7, 11) is 0. The quantitative estimate of drug-likeness (QED) is 0.844. The van der Waals surface area contributed by atoms with Crippen molar-refractivity contribution in [3.63, 3.8) is 0 Å². The summed E-state index contributed by atoms with van der Waals surface area (Å²) in [5.74, 6) is 1.48. The first-order chi connectivity index (χ1) is 7.76. The van der Waals surface area contributed by atoms with Gasteiger partial charge in [-0.15, -0.1) is 0 Å². The molecule has 2 rings (SSSR count).